The molecule has 1 unspecified atom stereocenters. The minimum atomic E-state index is -3.46. The molecule has 1 fully saturated rings. The van der Waals surface area contributed by atoms with E-state index in [1.807, 2.05) is 0 Å². The van der Waals surface area contributed by atoms with Crippen LogP contribution in [0.25, 0.3) is 0 Å². The summed E-state index contributed by atoms with van der Waals surface area (Å²) in [6, 6.07) is 4.75. The van der Waals surface area contributed by atoms with Gasteiger partial charge in [-0.1, -0.05) is 32.4 Å². The van der Waals surface area contributed by atoms with E-state index in [1.165, 1.54) is 0 Å². The number of nitrogens with two attached hydrogens (primary N) is 1. The third-order valence-corrected chi connectivity index (χ3v) is 6.48. The highest BCUT2D eigenvalue weighted by molar-refractivity contribution is 7.89. The van der Waals surface area contributed by atoms with Crippen LogP contribution in [0.5, 0.6) is 0 Å². The smallest absolute Gasteiger partial charge is 0.243 e. The van der Waals surface area contributed by atoms with Gasteiger partial charge in [0.1, 0.15) is 0 Å². The van der Waals surface area contributed by atoms with Gasteiger partial charge in [0.25, 0.3) is 0 Å². The second-order valence-corrected chi connectivity index (χ2v) is 9.02. The Bertz CT molecular complexity index is 623. The van der Waals surface area contributed by atoms with Crippen LogP contribution in [0.3, 0.4) is 0 Å². The molecular formula is C15H23ClN2O2S. The molecule has 21 heavy (non-hydrogen) atoms. The lowest BCUT2D eigenvalue weighted by Crippen LogP contribution is -2.31. The van der Waals surface area contributed by atoms with Crippen LogP contribution in [0.2, 0.25) is 5.02 Å². The molecule has 6 heteroatoms. The van der Waals surface area contributed by atoms with E-state index < -0.39 is 10.0 Å². The zero-order chi connectivity index (χ0) is 15.8. The number of nitrogens with zero attached hydrogens (tertiary/aromatic N) is 1. The fourth-order valence-corrected chi connectivity index (χ4v) is 4.42. The topological polar surface area (TPSA) is 63.4 Å². The molecule has 1 saturated heterocycles. The van der Waals surface area contributed by atoms with Gasteiger partial charge in [0, 0.05) is 24.7 Å². The van der Waals surface area contributed by atoms with Crippen LogP contribution in [-0.4, -0.2) is 25.8 Å². The van der Waals surface area contributed by atoms with Crippen molar-refractivity contribution in [3.63, 3.8) is 0 Å². The highest BCUT2D eigenvalue weighted by atomic mass is 35.5. The van der Waals surface area contributed by atoms with E-state index in [0.29, 0.717) is 29.6 Å². The Morgan fingerprint density at radius 2 is 2.05 bits per heavy atom. The van der Waals surface area contributed by atoms with E-state index in [9.17, 15) is 8.42 Å². The van der Waals surface area contributed by atoms with Gasteiger partial charge in [-0.05, 0) is 41.5 Å². The maximum absolute atomic E-state index is 12.7. The van der Waals surface area contributed by atoms with Crippen LogP contribution >= 0.6 is 11.6 Å². The summed E-state index contributed by atoms with van der Waals surface area (Å²) >= 11 is 6.00. The van der Waals surface area contributed by atoms with Gasteiger partial charge in [0.15, 0.2) is 0 Å². The van der Waals surface area contributed by atoms with Gasteiger partial charge in [-0.3, -0.25) is 0 Å². The van der Waals surface area contributed by atoms with Crippen LogP contribution in [0.15, 0.2) is 23.1 Å². The predicted octanol–water partition coefficient (Wildman–Crippen LogP) is 2.86. The molecule has 2 rings (SSSR count). The van der Waals surface area contributed by atoms with Gasteiger partial charge < -0.3 is 5.73 Å². The minimum absolute atomic E-state index is 0.118. The second kappa shape index (κ2) is 5.88. The summed E-state index contributed by atoms with van der Waals surface area (Å²) in [6.45, 7) is 7.85. The number of hydrogen-bond donors (Lipinski definition) is 1. The van der Waals surface area contributed by atoms with Crippen LogP contribution < -0.4 is 5.73 Å². The lowest BCUT2D eigenvalue weighted by Gasteiger charge is -2.27. The summed E-state index contributed by atoms with van der Waals surface area (Å²) in [6.07, 6.45) is 0.903. The second-order valence-electron chi connectivity index (χ2n) is 6.67. The number of benzene rings is 1. The monoisotopic (exact) mass is 330 g/mol. The first kappa shape index (κ1) is 16.7. The van der Waals surface area contributed by atoms with E-state index in [4.69, 9.17) is 17.3 Å². The van der Waals surface area contributed by atoms with Gasteiger partial charge in [0.05, 0.1) is 4.90 Å². The fraction of sp³-hybridized carbons (Fsp3) is 0.600. The van der Waals surface area contributed by atoms with E-state index in [1.54, 1.807) is 22.5 Å². The van der Waals surface area contributed by atoms with Crippen molar-refractivity contribution in [1.82, 2.24) is 4.31 Å². The number of hydrogen-bond acceptors (Lipinski definition) is 3. The minimum Gasteiger partial charge on any atom is -0.326 e. The van der Waals surface area contributed by atoms with Crippen molar-refractivity contribution in [1.29, 1.82) is 0 Å². The maximum atomic E-state index is 12.7. The molecule has 0 spiro atoms. The van der Waals surface area contributed by atoms with E-state index in [0.717, 1.165) is 6.42 Å². The molecule has 1 aliphatic heterocycles. The SMILES string of the molecule is CC(C)(C)C1CCN(S(=O)(=O)c2ccc(Cl)c(CN)c2)C1. The lowest BCUT2D eigenvalue weighted by molar-refractivity contribution is 0.252. The molecule has 1 aromatic carbocycles. The van der Waals surface area contributed by atoms with Crippen molar-refractivity contribution >= 4 is 21.6 Å². The van der Waals surface area contributed by atoms with Gasteiger partial charge in [-0.25, -0.2) is 8.42 Å². The Labute approximate surface area is 132 Å². The summed E-state index contributed by atoms with van der Waals surface area (Å²) < 4.78 is 27.0. The van der Waals surface area contributed by atoms with Crippen molar-refractivity contribution in [2.45, 2.75) is 38.6 Å². The number of halogens is 1. The standard InChI is InChI=1S/C15H23ClN2O2S/c1-15(2,3)12-6-7-18(10-12)21(19,20)13-4-5-14(16)11(8-13)9-17/h4-5,8,12H,6-7,9-10,17H2,1-3H3. The first-order valence-electron chi connectivity index (χ1n) is 7.15. The molecule has 0 bridgehead atoms. The maximum Gasteiger partial charge on any atom is 0.243 e. The molecule has 0 aromatic heterocycles. The van der Waals surface area contributed by atoms with Gasteiger partial charge in [-0.2, -0.15) is 4.31 Å². The Morgan fingerprint density at radius 3 is 2.57 bits per heavy atom. The zero-order valence-electron chi connectivity index (χ0n) is 12.8. The molecule has 0 amide bonds. The highest BCUT2D eigenvalue weighted by Crippen LogP contribution is 2.36. The number of rotatable bonds is 3. The average molecular weight is 331 g/mol. The Kier molecular flexibility index (Phi) is 4.69. The summed E-state index contributed by atoms with van der Waals surface area (Å²) in [4.78, 5) is 0.280. The lowest BCUT2D eigenvalue weighted by atomic mass is 9.80. The third kappa shape index (κ3) is 3.42. The summed E-state index contributed by atoms with van der Waals surface area (Å²) in [5.74, 6) is 0.383. The van der Waals surface area contributed by atoms with Gasteiger partial charge in [-0.15, -0.1) is 0 Å². The van der Waals surface area contributed by atoms with Crippen LogP contribution in [0, 0.1) is 11.3 Å². The molecular weight excluding hydrogens is 308 g/mol. The number of sulfonamides is 1. The normalized spacial score (nSPS) is 20.9. The van der Waals surface area contributed by atoms with Crippen molar-refractivity contribution < 1.29 is 8.42 Å². The fourth-order valence-electron chi connectivity index (χ4n) is 2.67. The Hall–Kier alpha value is -0.620. The quantitative estimate of drug-likeness (QED) is 0.926. The molecule has 0 aliphatic carbocycles. The summed E-state index contributed by atoms with van der Waals surface area (Å²) in [5.41, 5.74) is 6.38. The van der Waals surface area contributed by atoms with E-state index in [2.05, 4.69) is 20.8 Å². The highest BCUT2D eigenvalue weighted by Gasteiger charge is 2.37. The molecule has 1 aliphatic rings. The van der Waals surface area contributed by atoms with Crippen LogP contribution in [-0.2, 0) is 16.6 Å². The summed E-state index contributed by atoms with van der Waals surface area (Å²) in [7, 11) is -3.46. The first-order valence-corrected chi connectivity index (χ1v) is 8.96. The van der Waals surface area contributed by atoms with Crippen molar-refractivity contribution in [3.8, 4) is 0 Å². The average Bonchev–Trinajstić information content (AvgIpc) is 2.89. The van der Waals surface area contributed by atoms with Crippen molar-refractivity contribution in [3.05, 3.63) is 28.8 Å². The van der Waals surface area contributed by atoms with Crippen molar-refractivity contribution in [2.75, 3.05) is 13.1 Å². The molecule has 4 nitrogen and oxygen atoms in total. The van der Waals surface area contributed by atoms with Gasteiger partial charge >= 0.3 is 0 Å². The molecule has 0 saturated carbocycles. The molecule has 0 radical (unpaired) electrons. The molecule has 118 valence electrons. The van der Waals surface area contributed by atoms with E-state index in [-0.39, 0.29) is 16.9 Å². The van der Waals surface area contributed by atoms with Gasteiger partial charge in [0.2, 0.25) is 10.0 Å². The molecule has 1 atom stereocenters. The van der Waals surface area contributed by atoms with Crippen molar-refractivity contribution in [2.24, 2.45) is 17.1 Å². The zero-order valence-corrected chi connectivity index (χ0v) is 14.3. The molecule has 1 aromatic rings. The van der Waals surface area contributed by atoms with E-state index >= 15 is 0 Å². The first-order chi connectivity index (χ1) is 9.66. The summed E-state index contributed by atoms with van der Waals surface area (Å²) in [5, 5.41) is 0.505. The Balaban J connectivity index is 2.27. The van der Waals surface area contributed by atoms with Crippen LogP contribution in [0.4, 0.5) is 0 Å². The molecule has 2 N–H and O–H groups in total. The Morgan fingerprint density at radius 1 is 1.38 bits per heavy atom. The van der Waals surface area contributed by atoms with Crippen LogP contribution in [0.1, 0.15) is 32.8 Å². The third-order valence-electron chi connectivity index (χ3n) is 4.25. The largest absolute Gasteiger partial charge is 0.326 e. The molecule has 1 heterocycles. The predicted molar refractivity (Wildman–Crippen MR) is 85.7 cm³/mol.